The van der Waals surface area contributed by atoms with E-state index >= 15 is 0 Å². The molecule has 1 aliphatic rings. The Bertz CT molecular complexity index is 1010. The van der Waals surface area contributed by atoms with Gasteiger partial charge in [-0.25, -0.2) is 12.7 Å². The van der Waals surface area contributed by atoms with E-state index in [9.17, 15) is 8.42 Å². The van der Waals surface area contributed by atoms with Crippen LogP contribution in [0, 0.1) is 0 Å². The van der Waals surface area contributed by atoms with Crippen molar-refractivity contribution in [2.24, 2.45) is 0 Å². The number of ether oxygens (including phenoxy) is 2. The topological polar surface area (TPSA) is 59.1 Å². The van der Waals surface area contributed by atoms with Crippen LogP contribution in [0.3, 0.4) is 0 Å². The number of hydrogen-bond donors (Lipinski definition) is 0. The van der Waals surface area contributed by atoms with E-state index in [1.165, 1.54) is 4.31 Å². The maximum absolute atomic E-state index is 13.7. The maximum Gasteiger partial charge on any atom is 0.272 e. The number of anilines is 2. The van der Waals surface area contributed by atoms with Crippen LogP contribution in [0.25, 0.3) is 0 Å². The summed E-state index contributed by atoms with van der Waals surface area (Å²) in [7, 11) is -3.94. The molecule has 0 aromatic heterocycles. The highest BCUT2D eigenvalue weighted by molar-refractivity contribution is 9.10. The predicted octanol–water partition coefficient (Wildman–Crippen LogP) is 4.75. The quantitative estimate of drug-likeness (QED) is 0.478. The van der Waals surface area contributed by atoms with Gasteiger partial charge in [-0.1, -0.05) is 52.3 Å². The normalized spacial score (nSPS) is 15.8. The molecule has 3 aromatic rings. The first kappa shape index (κ1) is 19.0. The van der Waals surface area contributed by atoms with Gasteiger partial charge < -0.3 is 9.47 Å². The molecule has 144 valence electrons. The molecule has 1 unspecified atom stereocenters. The largest absolute Gasteiger partial charge is 0.489 e. The molecule has 1 heterocycles. The van der Waals surface area contributed by atoms with Crippen LogP contribution in [0.2, 0.25) is 0 Å². The zero-order chi connectivity index (χ0) is 19.6. The number of nitrogens with zero attached hydrogens (tertiary/aromatic N) is 1. The molecule has 0 spiro atoms. The second kappa shape index (κ2) is 7.95. The zero-order valence-corrected chi connectivity index (χ0v) is 17.3. The van der Waals surface area contributed by atoms with Crippen molar-refractivity contribution in [1.82, 2.24) is 0 Å². The first-order valence-electron chi connectivity index (χ1n) is 8.75. The minimum Gasteiger partial charge on any atom is -0.489 e. The fourth-order valence-electron chi connectivity index (χ4n) is 2.81. The lowest BCUT2D eigenvalue weighted by molar-refractivity contribution is 0.258. The lowest BCUT2D eigenvalue weighted by Gasteiger charge is -2.25. The van der Waals surface area contributed by atoms with Crippen molar-refractivity contribution in [1.29, 1.82) is 0 Å². The van der Waals surface area contributed by atoms with Crippen molar-refractivity contribution in [3.05, 3.63) is 83.3 Å². The number of halogens is 1. The van der Waals surface area contributed by atoms with Crippen molar-refractivity contribution in [2.75, 3.05) is 17.5 Å². The third kappa shape index (κ3) is 4.06. The second-order valence-corrected chi connectivity index (χ2v) is 8.97. The standard InChI is InChI=1S/C21H18BrNO4S/c22-16-11-12-21(20(13-16)27-15-19-14-26-19)28(24,25)23(17-7-3-1-4-8-17)18-9-5-2-6-10-18/h1-13,19H,14-15H2. The molecule has 4 rings (SSSR count). The fourth-order valence-corrected chi connectivity index (χ4v) is 4.75. The van der Waals surface area contributed by atoms with Crippen LogP contribution in [0.4, 0.5) is 11.4 Å². The van der Waals surface area contributed by atoms with E-state index in [-0.39, 0.29) is 11.0 Å². The number of rotatable bonds is 7. The van der Waals surface area contributed by atoms with E-state index in [0.29, 0.717) is 30.3 Å². The highest BCUT2D eigenvalue weighted by Gasteiger charge is 2.31. The van der Waals surface area contributed by atoms with E-state index < -0.39 is 10.0 Å². The zero-order valence-electron chi connectivity index (χ0n) is 14.9. The minimum absolute atomic E-state index is 0.0221. The van der Waals surface area contributed by atoms with Crippen LogP contribution in [-0.2, 0) is 14.8 Å². The van der Waals surface area contributed by atoms with Crippen LogP contribution in [0.5, 0.6) is 5.75 Å². The molecule has 7 heteroatoms. The molecule has 0 radical (unpaired) electrons. The van der Waals surface area contributed by atoms with Crippen molar-refractivity contribution in [3.8, 4) is 5.75 Å². The Kier molecular flexibility index (Phi) is 5.39. The van der Waals surface area contributed by atoms with E-state index in [1.54, 1.807) is 42.5 Å². The third-order valence-corrected chi connectivity index (χ3v) is 6.52. The smallest absolute Gasteiger partial charge is 0.272 e. The molecule has 0 bridgehead atoms. The van der Waals surface area contributed by atoms with Crippen LogP contribution in [0.1, 0.15) is 0 Å². The van der Waals surface area contributed by atoms with Crippen molar-refractivity contribution >= 4 is 37.3 Å². The number of benzene rings is 3. The van der Waals surface area contributed by atoms with Crippen molar-refractivity contribution < 1.29 is 17.9 Å². The van der Waals surface area contributed by atoms with E-state index in [0.717, 1.165) is 4.47 Å². The molecule has 0 aliphatic carbocycles. The van der Waals surface area contributed by atoms with Gasteiger partial charge in [-0.15, -0.1) is 0 Å². The maximum atomic E-state index is 13.7. The number of para-hydroxylation sites is 2. The lowest BCUT2D eigenvalue weighted by atomic mass is 10.3. The van der Waals surface area contributed by atoms with Crippen LogP contribution in [-0.4, -0.2) is 27.7 Å². The highest BCUT2D eigenvalue weighted by atomic mass is 79.9. The molecule has 1 fully saturated rings. The second-order valence-electron chi connectivity index (χ2n) is 6.30. The molecule has 1 saturated heterocycles. The van der Waals surface area contributed by atoms with E-state index in [4.69, 9.17) is 9.47 Å². The van der Waals surface area contributed by atoms with Gasteiger partial charge in [-0.2, -0.15) is 0 Å². The van der Waals surface area contributed by atoms with Gasteiger partial charge >= 0.3 is 0 Å². The third-order valence-electron chi connectivity index (χ3n) is 4.23. The number of epoxide rings is 1. The number of hydrogen-bond acceptors (Lipinski definition) is 4. The van der Waals surface area contributed by atoms with Gasteiger partial charge in [-0.05, 0) is 42.5 Å². The Labute approximate surface area is 172 Å². The summed E-state index contributed by atoms with van der Waals surface area (Å²) in [5.41, 5.74) is 1.10. The number of sulfonamides is 1. The van der Waals surface area contributed by atoms with Crippen molar-refractivity contribution in [2.45, 2.75) is 11.0 Å². The van der Waals surface area contributed by atoms with Gasteiger partial charge in [0.25, 0.3) is 10.0 Å². The van der Waals surface area contributed by atoms with Gasteiger partial charge in [0.1, 0.15) is 23.4 Å². The molecular weight excluding hydrogens is 442 g/mol. The average molecular weight is 460 g/mol. The van der Waals surface area contributed by atoms with Gasteiger partial charge in [0.15, 0.2) is 0 Å². The summed E-state index contributed by atoms with van der Waals surface area (Å²) in [6, 6.07) is 22.9. The Hall–Kier alpha value is -2.35. The summed E-state index contributed by atoms with van der Waals surface area (Å²) >= 11 is 3.39. The average Bonchev–Trinajstić information content (AvgIpc) is 3.52. The first-order valence-corrected chi connectivity index (χ1v) is 11.0. The summed E-state index contributed by atoms with van der Waals surface area (Å²) in [6.45, 7) is 0.950. The highest BCUT2D eigenvalue weighted by Crippen LogP contribution is 2.37. The van der Waals surface area contributed by atoms with E-state index in [2.05, 4.69) is 15.9 Å². The molecule has 1 aliphatic heterocycles. The summed E-state index contributed by atoms with van der Waals surface area (Å²) in [4.78, 5) is 0.101. The molecule has 0 saturated carbocycles. The molecule has 0 N–H and O–H groups in total. The Morgan fingerprint density at radius 3 is 2.07 bits per heavy atom. The Morgan fingerprint density at radius 1 is 0.964 bits per heavy atom. The van der Waals surface area contributed by atoms with Crippen molar-refractivity contribution in [3.63, 3.8) is 0 Å². The lowest BCUT2D eigenvalue weighted by Crippen LogP contribution is -2.27. The molecule has 28 heavy (non-hydrogen) atoms. The van der Waals surface area contributed by atoms with Gasteiger partial charge in [0.05, 0.1) is 18.0 Å². The Balaban J connectivity index is 1.82. The first-order chi connectivity index (χ1) is 13.6. The van der Waals surface area contributed by atoms with Crippen LogP contribution < -0.4 is 9.04 Å². The molecule has 5 nitrogen and oxygen atoms in total. The fraction of sp³-hybridized carbons (Fsp3) is 0.143. The van der Waals surface area contributed by atoms with E-state index in [1.807, 2.05) is 36.4 Å². The van der Waals surface area contributed by atoms with Gasteiger partial charge in [-0.3, -0.25) is 0 Å². The summed E-state index contributed by atoms with van der Waals surface area (Å²) < 4.78 is 40.5. The molecule has 1 atom stereocenters. The summed E-state index contributed by atoms with van der Waals surface area (Å²) in [6.07, 6.45) is 0.0221. The summed E-state index contributed by atoms with van der Waals surface area (Å²) in [5, 5.41) is 0. The molecular formula is C21H18BrNO4S. The van der Waals surface area contributed by atoms with Gasteiger partial charge in [0.2, 0.25) is 0 Å². The summed E-state index contributed by atoms with van der Waals surface area (Å²) in [5.74, 6) is 0.293. The van der Waals surface area contributed by atoms with Crippen LogP contribution in [0.15, 0.2) is 88.2 Å². The molecule has 0 amide bonds. The SMILES string of the molecule is O=S(=O)(c1ccc(Br)cc1OCC1CO1)N(c1ccccc1)c1ccccc1. The van der Waals surface area contributed by atoms with Gasteiger partial charge in [0, 0.05) is 4.47 Å². The van der Waals surface area contributed by atoms with Crippen LogP contribution >= 0.6 is 15.9 Å². The monoisotopic (exact) mass is 459 g/mol. The minimum atomic E-state index is -3.94. The predicted molar refractivity (Wildman–Crippen MR) is 112 cm³/mol. The molecule has 3 aromatic carbocycles. The Morgan fingerprint density at radius 2 is 1.54 bits per heavy atom.